The number of hydrogen-bond donors (Lipinski definition) is 1. The molecule has 1 N–H and O–H groups in total. The van der Waals surface area contributed by atoms with E-state index in [2.05, 4.69) is 5.32 Å². The van der Waals surface area contributed by atoms with E-state index < -0.39 is 15.9 Å². The molecular formula is C18H21NO4S. The van der Waals surface area contributed by atoms with Gasteiger partial charge in [0.1, 0.15) is 6.10 Å². The molecule has 0 unspecified atom stereocenters. The molecular weight excluding hydrogens is 326 g/mol. The van der Waals surface area contributed by atoms with E-state index in [0.717, 1.165) is 5.56 Å². The van der Waals surface area contributed by atoms with Crippen LogP contribution in [0.4, 0.5) is 0 Å². The lowest BCUT2D eigenvalue weighted by Gasteiger charge is -2.13. The average molecular weight is 347 g/mol. The van der Waals surface area contributed by atoms with Crippen LogP contribution >= 0.6 is 0 Å². The van der Waals surface area contributed by atoms with E-state index in [9.17, 15) is 13.2 Å². The summed E-state index contributed by atoms with van der Waals surface area (Å²) in [6, 6.07) is 17.7. The number of nitrogens with one attached hydrogen (secondary N) is 1. The molecule has 2 aromatic carbocycles. The topological polar surface area (TPSA) is 72.5 Å². The molecule has 0 spiro atoms. The van der Waals surface area contributed by atoms with Crippen LogP contribution in [0.25, 0.3) is 0 Å². The maximum absolute atomic E-state index is 12.1. The summed E-state index contributed by atoms with van der Waals surface area (Å²) in [6.45, 7) is 2.02. The molecule has 5 nitrogen and oxygen atoms in total. The minimum absolute atomic E-state index is 0.0507. The summed E-state index contributed by atoms with van der Waals surface area (Å²) in [5.41, 5.74) is 0.976. The zero-order chi connectivity index (χ0) is 17.4. The largest absolute Gasteiger partial charge is 0.364 e. The second-order valence-corrected chi connectivity index (χ2v) is 7.47. The Morgan fingerprint density at radius 1 is 1.04 bits per heavy atom. The Hall–Kier alpha value is -2.18. The highest BCUT2D eigenvalue weighted by atomic mass is 32.2. The molecule has 0 saturated heterocycles. The zero-order valence-corrected chi connectivity index (χ0v) is 14.3. The van der Waals surface area contributed by atoms with Gasteiger partial charge in [0.05, 0.1) is 17.3 Å². The average Bonchev–Trinajstić information content (AvgIpc) is 2.61. The molecule has 0 aromatic heterocycles. The van der Waals surface area contributed by atoms with Crippen LogP contribution in [0.2, 0.25) is 0 Å². The van der Waals surface area contributed by atoms with Crippen LogP contribution in [-0.2, 0) is 26.0 Å². The lowest BCUT2D eigenvalue weighted by Crippen LogP contribution is -2.37. The van der Waals surface area contributed by atoms with Crippen LogP contribution in [0.5, 0.6) is 0 Å². The Morgan fingerprint density at radius 2 is 1.62 bits per heavy atom. The quantitative estimate of drug-likeness (QED) is 0.794. The number of benzene rings is 2. The molecule has 1 amide bonds. The van der Waals surface area contributed by atoms with E-state index in [1.165, 1.54) is 0 Å². The van der Waals surface area contributed by atoms with Gasteiger partial charge in [-0.25, -0.2) is 8.42 Å². The van der Waals surface area contributed by atoms with E-state index in [1.807, 2.05) is 30.3 Å². The molecule has 0 aliphatic rings. The number of sulfone groups is 1. The molecule has 0 aliphatic heterocycles. The van der Waals surface area contributed by atoms with Crippen molar-refractivity contribution >= 4 is 15.7 Å². The second-order valence-electron chi connectivity index (χ2n) is 5.36. The van der Waals surface area contributed by atoms with Crippen molar-refractivity contribution in [3.63, 3.8) is 0 Å². The first kappa shape index (κ1) is 18.2. The minimum Gasteiger partial charge on any atom is -0.364 e. The Balaban J connectivity index is 1.76. The SMILES string of the molecule is C[C@@H](OCc1ccccc1)C(=O)NCCS(=O)(=O)c1ccccc1. The van der Waals surface area contributed by atoms with Crippen molar-refractivity contribution in [2.75, 3.05) is 12.3 Å². The summed E-state index contributed by atoms with van der Waals surface area (Å²) in [6.07, 6.45) is -0.648. The van der Waals surface area contributed by atoms with E-state index in [1.54, 1.807) is 37.3 Å². The molecule has 0 saturated carbocycles. The highest BCUT2D eigenvalue weighted by Crippen LogP contribution is 2.09. The van der Waals surface area contributed by atoms with Gasteiger partial charge in [0, 0.05) is 6.54 Å². The first-order valence-electron chi connectivity index (χ1n) is 7.70. The van der Waals surface area contributed by atoms with Gasteiger partial charge in [0.2, 0.25) is 5.91 Å². The fraction of sp³-hybridized carbons (Fsp3) is 0.278. The number of carbonyl (C=O) groups is 1. The Labute approximate surface area is 142 Å². The van der Waals surface area contributed by atoms with Crippen molar-refractivity contribution in [3.05, 3.63) is 66.2 Å². The van der Waals surface area contributed by atoms with Crippen molar-refractivity contribution in [1.29, 1.82) is 0 Å². The number of hydrogen-bond acceptors (Lipinski definition) is 4. The lowest BCUT2D eigenvalue weighted by molar-refractivity contribution is -0.132. The predicted octanol–water partition coefficient (Wildman–Crippen LogP) is 2.18. The molecule has 0 heterocycles. The molecule has 2 aromatic rings. The van der Waals surface area contributed by atoms with E-state index in [0.29, 0.717) is 6.61 Å². The second kappa shape index (κ2) is 8.61. The smallest absolute Gasteiger partial charge is 0.248 e. The van der Waals surface area contributed by atoms with Crippen molar-refractivity contribution < 1.29 is 17.9 Å². The standard InChI is InChI=1S/C18H21NO4S/c1-15(23-14-16-8-4-2-5-9-16)18(20)19-12-13-24(21,22)17-10-6-3-7-11-17/h2-11,15H,12-14H2,1H3,(H,19,20)/t15-/m1/s1. The summed E-state index contributed by atoms with van der Waals surface area (Å²) in [5.74, 6) is -0.470. The Morgan fingerprint density at radius 3 is 2.25 bits per heavy atom. The highest BCUT2D eigenvalue weighted by molar-refractivity contribution is 7.91. The molecule has 24 heavy (non-hydrogen) atoms. The fourth-order valence-electron chi connectivity index (χ4n) is 2.07. The Bertz CT molecular complexity index is 745. The van der Waals surface area contributed by atoms with Gasteiger partial charge in [-0.1, -0.05) is 48.5 Å². The van der Waals surface area contributed by atoms with E-state index in [4.69, 9.17) is 4.74 Å². The highest BCUT2D eigenvalue weighted by Gasteiger charge is 2.17. The number of rotatable bonds is 8. The number of ether oxygens (including phenoxy) is 1. The number of amides is 1. The normalized spacial score (nSPS) is 12.5. The summed E-state index contributed by atoms with van der Waals surface area (Å²) in [4.78, 5) is 12.2. The van der Waals surface area contributed by atoms with Crippen LogP contribution in [0, 0.1) is 0 Å². The van der Waals surface area contributed by atoms with E-state index in [-0.39, 0.29) is 23.1 Å². The third-order valence-electron chi connectivity index (χ3n) is 3.48. The maximum Gasteiger partial charge on any atom is 0.248 e. The van der Waals surface area contributed by atoms with Gasteiger partial charge in [-0.2, -0.15) is 0 Å². The van der Waals surface area contributed by atoms with Gasteiger partial charge in [0.25, 0.3) is 0 Å². The van der Waals surface area contributed by atoms with Gasteiger partial charge in [-0.15, -0.1) is 0 Å². The first-order valence-corrected chi connectivity index (χ1v) is 9.35. The monoisotopic (exact) mass is 347 g/mol. The van der Waals surface area contributed by atoms with Crippen LogP contribution in [0.3, 0.4) is 0 Å². The van der Waals surface area contributed by atoms with Gasteiger partial charge in [-0.3, -0.25) is 4.79 Å². The van der Waals surface area contributed by atoms with Crippen molar-refractivity contribution in [1.82, 2.24) is 5.32 Å². The minimum atomic E-state index is -3.39. The number of carbonyl (C=O) groups excluding carboxylic acids is 1. The molecule has 6 heteroatoms. The third-order valence-corrected chi connectivity index (χ3v) is 5.22. The predicted molar refractivity (Wildman–Crippen MR) is 92.2 cm³/mol. The van der Waals surface area contributed by atoms with Crippen LogP contribution in [0.15, 0.2) is 65.6 Å². The zero-order valence-electron chi connectivity index (χ0n) is 13.5. The first-order chi connectivity index (χ1) is 11.5. The molecule has 0 fully saturated rings. The molecule has 1 atom stereocenters. The summed E-state index contributed by atoms with van der Waals surface area (Å²) >= 11 is 0. The molecule has 128 valence electrons. The fourth-order valence-corrected chi connectivity index (χ4v) is 3.25. The van der Waals surface area contributed by atoms with E-state index >= 15 is 0 Å². The van der Waals surface area contributed by atoms with Crippen LogP contribution in [0.1, 0.15) is 12.5 Å². The van der Waals surface area contributed by atoms with Crippen molar-refractivity contribution in [2.45, 2.75) is 24.5 Å². The maximum atomic E-state index is 12.1. The molecule has 2 rings (SSSR count). The van der Waals surface area contributed by atoms with Gasteiger partial charge < -0.3 is 10.1 Å². The summed E-state index contributed by atoms with van der Waals surface area (Å²) in [7, 11) is -3.39. The van der Waals surface area contributed by atoms with Crippen LogP contribution in [-0.4, -0.2) is 32.7 Å². The van der Waals surface area contributed by atoms with Gasteiger partial charge in [0.15, 0.2) is 9.84 Å². The molecule has 0 radical (unpaired) electrons. The Kier molecular flexibility index (Phi) is 6.52. The van der Waals surface area contributed by atoms with Crippen LogP contribution < -0.4 is 5.32 Å². The lowest BCUT2D eigenvalue weighted by atomic mass is 10.2. The van der Waals surface area contributed by atoms with Gasteiger partial charge >= 0.3 is 0 Å². The van der Waals surface area contributed by atoms with Crippen molar-refractivity contribution in [3.8, 4) is 0 Å². The summed E-state index contributed by atoms with van der Waals surface area (Å²) < 4.78 is 29.7. The third kappa shape index (κ3) is 5.47. The van der Waals surface area contributed by atoms with Gasteiger partial charge in [-0.05, 0) is 24.6 Å². The molecule has 0 bridgehead atoms. The summed E-state index contributed by atoms with van der Waals surface area (Å²) in [5, 5.41) is 2.60. The van der Waals surface area contributed by atoms with Crippen molar-refractivity contribution in [2.24, 2.45) is 0 Å². The molecule has 0 aliphatic carbocycles.